The maximum Gasteiger partial charge on any atom is 0.417 e. The number of hydrogen-bond donors (Lipinski definition) is 2. The van der Waals surface area contributed by atoms with Gasteiger partial charge in [-0.25, -0.2) is 4.79 Å². The summed E-state index contributed by atoms with van der Waals surface area (Å²) >= 11 is 0. The van der Waals surface area contributed by atoms with Crippen LogP contribution < -0.4 is 11.1 Å². The molecule has 2 N–H and O–H groups in total. The Hall–Kier alpha value is -3.35. The van der Waals surface area contributed by atoms with Crippen LogP contribution in [0.4, 0.5) is 5.69 Å². The van der Waals surface area contributed by atoms with E-state index in [-0.39, 0.29) is 17.7 Å². The third kappa shape index (κ3) is 4.08. The fraction of sp³-hybridized carbons (Fsp3) is 0.318. The predicted octanol–water partition coefficient (Wildman–Crippen LogP) is 3.23. The summed E-state index contributed by atoms with van der Waals surface area (Å²) in [6.07, 6.45) is 1.51. The van der Waals surface area contributed by atoms with Crippen molar-refractivity contribution in [3.8, 4) is 0 Å². The minimum absolute atomic E-state index is 0.0355. The fourth-order valence-corrected chi connectivity index (χ4v) is 3.93. The van der Waals surface area contributed by atoms with Crippen molar-refractivity contribution in [3.63, 3.8) is 0 Å². The zero-order valence-electron chi connectivity index (χ0n) is 16.5. The van der Waals surface area contributed by atoms with E-state index < -0.39 is 5.76 Å². The second-order valence-electron chi connectivity index (χ2n) is 7.68. The van der Waals surface area contributed by atoms with Crippen LogP contribution in [0.1, 0.15) is 34.3 Å². The Morgan fingerprint density at radius 2 is 1.90 bits per heavy atom. The van der Waals surface area contributed by atoms with Gasteiger partial charge in [-0.05, 0) is 57.0 Å². The van der Waals surface area contributed by atoms with E-state index in [2.05, 4.69) is 10.3 Å². The molecule has 0 saturated carbocycles. The number of carbonyl (C=O) groups excluding carboxylic acids is 2. The molecule has 0 spiro atoms. The molecule has 2 aromatic carbocycles. The van der Waals surface area contributed by atoms with Gasteiger partial charge in [-0.15, -0.1) is 0 Å². The van der Waals surface area contributed by atoms with Crippen molar-refractivity contribution in [1.82, 2.24) is 9.88 Å². The van der Waals surface area contributed by atoms with Crippen LogP contribution in [-0.4, -0.2) is 34.8 Å². The number of fused-ring (bicyclic) bond motifs is 1. The van der Waals surface area contributed by atoms with Crippen molar-refractivity contribution < 1.29 is 14.0 Å². The van der Waals surface area contributed by atoms with E-state index >= 15 is 0 Å². The van der Waals surface area contributed by atoms with Crippen molar-refractivity contribution >= 4 is 28.6 Å². The first kappa shape index (κ1) is 19.0. The molecule has 0 unspecified atom stereocenters. The van der Waals surface area contributed by atoms with Crippen molar-refractivity contribution in [2.24, 2.45) is 5.92 Å². The molecule has 3 aromatic rings. The number of hydrogen-bond acceptors (Lipinski definition) is 4. The lowest BCUT2D eigenvalue weighted by Gasteiger charge is -2.32. The molecule has 1 aromatic heterocycles. The fourth-order valence-electron chi connectivity index (χ4n) is 3.93. The summed E-state index contributed by atoms with van der Waals surface area (Å²) in [6.45, 7) is 4.99. The maximum absolute atomic E-state index is 12.9. The van der Waals surface area contributed by atoms with Crippen LogP contribution in [0.5, 0.6) is 0 Å². The van der Waals surface area contributed by atoms with E-state index in [0.29, 0.717) is 35.4 Å². The van der Waals surface area contributed by atoms with Gasteiger partial charge in [0.05, 0.1) is 11.4 Å². The summed E-state index contributed by atoms with van der Waals surface area (Å²) in [5.41, 5.74) is 4.31. The second-order valence-corrected chi connectivity index (χ2v) is 7.68. The molecule has 7 nitrogen and oxygen atoms in total. The normalized spacial score (nSPS) is 16.8. The van der Waals surface area contributed by atoms with Crippen LogP contribution in [0.2, 0.25) is 0 Å². The third-order valence-electron chi connectivity index (χ3n) is 5.23. The van der Waals surface area contributed by atoms with Gasteiger partial charge in [0.1, 0.15) is 0 Å². The monoisotopic (exact) mass is 393 g/mol. The second kappa shape index (κ2) is 7.58. The number of likely N-dealkylation sites (tertiary alicyclic amines) is 1. The third-order valence-corrected chi connectivity index (χ3v) is 5.23. The molecule has 29 heavy (non-hydrogen) atoms. The molecule has 2 amide bonds. The summed E-state index contributed by atoms with van der Waals surface area (Å²) in [4.78, 5) is 41.3. The highest BCUT2D eigenvalue weighted by Gasteiger charge is 2.29. The summed E-state index contributed by atoms with van der Waals surface area (Å²) in [7, 11) is 0. The average molecular weight is 393 g/mol. The number of oxazole rings is 1. The van der Waals surface area contributed by atoms with E-state index in [1.165, 1.54) is 0 Å². The lowest BCUT2D eigenvalue weighted by Crippen LogP contribution is -2.43. The number of H-pyrrole nitrogens is 1. The molecular formula is C22H23N3O4. The predicted molar refractivity (Wildman–Crippen MR) is 110 cm³/mol. The Kier molecular flexibility index (Phi) is 4.96. The van der Waals surface area contributed by atoms with Crippen molar-refractivity contribution in [1.29, 1.82) is 0 Å². The van der Waals surface area contributed by atoms with Crippen LogP contribution in [0.25, 0.3) is 11.1 Å². The molecule has 150 valence electrons. The molecule has 0 bridgehead atoms. The highest BCUT2D eigenvalue weighted by Crippen LogP contribution is 2.22. The Labute approximate surface area is 167 Å². The number of aromatic amines is 1. The zero-order chi connectivity index (χ0) is 20.5. The number of rotatable bonds is 3. The molecule has 2 heterocycles. The lowest BCUT2D eigenvalue weighted by atomic mass is 9.96. The summed E-state index contributed by atoms with van der Waals surface area (Å²) in [6, 6.07) is 10.8. The Morgan fingerprint density at radius 3 is 2.66 bits per heavy atom. The summed E-state index contributed by atoms with van der Waals surface area (Å²) in [5.74, 6) is -0.978. The first-order valence-corrected chi connectivity index (χ1v) is 9.70. The quantitative estimate of drug-likeness (QED) is 0.714. The number of carbonyl (C=O) groups is 2. The zero-order valence-corrected chi connectivity index (χ0v) is 16.5. The minimum atomic E-state index is -0.531. The van der Waals surface area contributed by atoms with Crippen LogP contribution in [0.3, 0.4) is 0 Å². The molecule has 1 aliphatic heterocycles. The van der Waals surface area contributed by atoms with Gasteiger partial charge < -0.3 is 14.6 Å². The van der Waals surface area contributed by atoms with Crippen molar-refractivity contribution in [2.45, 2.75) is 26.7 Å². The minimum Gasteiger partial charge on any atom is -0.408 e. The summed E-state index contributed by atoms with van der Waals surface area (Å²) in [5, 5.41) is 2.89. The van der Waals surface area contributed by atoms with Gasteiger partial charge in [-0.1, -0.05) is 17.2 Å². The van der Waals surface area contributed by atoms with Crippen molar-refractivity contribution in [2.75, 3.05) is 18.4 Å². The first-order chi connectivity index (χ1) is 13.9. The SMILES string of the molecule is Cc1cc(C)cc(C(=O)N2CCC[C@@H](C(=O)Nc3ccc4oc(=O)[nH]c4c3)C2)c1. The van der Waals surface area contributed by atoms with Gasteiger partial charge in [0, 0.05) is 24.3 Å². The molecule has 1 fully saturated rings. The van der Waals surface area contributed by atoms with E-state index in [0.717, 1.165) is 24.0 Å². The van der Waals surface area contributed by atoms with Gasteiger partial charge in [0.25, 0.3) is 5.91 Å². The van der Waals surface area contributed by atoms with Gasteiger partial charge in [0.2, 0.25) is 5.91 Å². The van der Waals surface area contributed by atoms with Gasteiger partial charge in [-0.3, -0.25) is 14.6 Å². The van der Waals surface area contributed by atoms with Crippen LogP contribution in [0, 0.1) is 19.8 Å². The van der Waals surface area contributed by atoms with Gasteiger partial charge in [0.15, 0.2) is 5.58 Å². The summed E-state index contributed by atoms with van der Waals surface area (Å²) < 4.78 is 4.98. The highest BCUT2D eigenvalue weighted by molar-refractivity contribution is 5.97. The number of aryl methyl sites for hydroxylation is 2. The van der Waals surface area contributed by atoms with E-state index in [1.807, 2.05) is 32.0 Å². The molecule has 1 aliphatic rings. The maximum atomic E-state index is 12.9. The van der Waals surface area contributed by atoms with E-state index in [4.69, 9.17) is 4.42 Å². The number of aromatic nitrogens is 1. The number of nitrogens with one attached hydrogen (secondary N) is 2. The average Bonchev–Trinajstić information content (AvgIpc) is 3.06. The number of anilines is 1. The molecule has 0 aliphatic carbocycles. The Morgan fingerprint density at radius 1 is 1.14 bits per heavy atom. The molecule has 1 atom stereocenters. The molecule has 0 radical (unpaired) electrons. The topological polar surface area (TPSA) is 95.4 Å². The van der Waals surface area contributed by atoms with Gasteiger partial charge >= 0.3 is 5.76 Å². The lowest BCUT2D eigenvalue weighted by molar-refractivity contribution is -0.121. The Bertz CT molecular complexity index is 1120. The largest absolute Gasteiger partial charge is 0.417 e. The van der Waals surface area contributed by atoms with Crippen LogP contribution in [-0.2, 0) is 4.79 Å². The smallest absolute Gasteiger partial charge is 0.408 e. The van der Waals surface area contributed by atoms with Crippen LogP contribution >= 0.6 is 0 Å². The van der Waals surface area contributed by atoms with E-state index in [9.17, 15) is 14.4 Å². The highest BCUT2D eigenvalue weighted by atomic mass is 16.4. The van der Waals surface area contributed by atoms with Gasteiger partial charge in [-0.2, -0.15) is 0 Å². The van der Waals surface area contributed by atoms with Crippen molar-refractivity contribution in [3.05, 3.63) is 63.6 Å². The van der Waals surface area contributed by atoms with Crippen LogP contribution in [0.15, 0.2) is 45.6 Å². The molecule has 1 saturated heterocycles. The molecule has 7 heteroatoms. The first-order valence-electron chi connectivity index (χ1n) is 9.70. The Balaban J connectivity index is 1.46. The molecular weight excluding hydrogens is 370 g/mol. The number of piperidine rings is 1. The number of benzene rings is 2. The number of amides is 2. The standard InChI is InChI=1S/C22H23N3O4/c1-13-8-14(2)10-16(9-13)21(27)25-7-3-4-15(12-25)20(26)23-17-5-6-19-18(11-17)24-22(28)29-19/h5-6,8-11,15H,3-4,7,12H2,1-2H3,(H,23,26)(H,24,28)/t15-/m1/s1. The molecule has 4 rings (SSSR count). The van der Waals surface area contributed by atoms with E-state index in [1.54, 1.807) is 23.1 Å². The number of nitrogens with zero attached hydrogens (tertiary/aromatic N) is 1.